The first-order chi connectivity index (χ1) is 18.1. The molecule has 0 unspecified atom stereocenters. The Morgan fingerprint density at radius 2 is 1.76 bits per heavy atom. The fraction of sp³-hybridized carbons (Fsp3) is 0.0833. The number of nitro groups is 2. The Morgan fingerprint density at radius 3 is 2.42 bits per heavy atom. The second-order valence-corrected chi connectivity index (χ2v) is 9.05. The maximum Gasteiger partial charge on any atom is 0.318 e. The van der Waals surface area contributed by atoms with Gasteiger partial charge in [-0.1, -0.05) is 23.7 Å². The summed E-state index contributed by atoms with van der Waals surface area (Å²) in [5.74, 6) is -1.41. The molecular weight excluding hydrogens is 545 g/mol. The summed E-state index contributed by atoms with van der Waals surface area (Å²) in [6.45, 7) is -0.353. The van der Waals surface area contributed by atoms with E-state index in [4.69, 9.17) is 21.1 Å². The molecule has 0 N–H and O–H groups in total. The molecule has 3 aromatic carbocycles. The van der Waals surface area contributed by atoms with Crippen LogP contribution >= 0.6 is 23.4 Å². The molecule has 0 bridgehead atoms. The lowest BCUT2D eigenvalue weighted by Gasteiger charge is -2.14. The topological polar surface area (TPSA) is 142 Å². The minimum absolute atomic E-state index is 0.00235. The van der Waals surface area contributed by atoms with Gasteiger partial charge in [0.1, 0.15) is 5.82 Å². The van der Waals surface area contributed by atoms with Crippen LogP contribution in [-0.4, -0.2) is 33.0 Å². The average molecular weight is 560 g/mol. The molecule has 194 valence electrons. The summed E-state index contributed by atoms with van der Waals surface area (Å²) >= 11 is 6.67. The number of amides is 2. The standard InChI is InChI=1S/C24H15ClFN3O8S/c1-36-20-7-5-13(9-21(20)37-19-8-6-14(28(32)33)11-18(19)29(34)35)10-22-23(30)27(24(31)38-22)12-15-16(25)3-2-4-17(15)26/h2-11H,12H2,1H3/b22-10-. The van der Waals surface area contributed by atoms with Crippen LogP contribution < -0.4 is 9.47 Å². The largest absolute Gasteiger partial charge is 0.493 e. The van der Waals surface area contributed by atoms with E-state index in [0.29, 0.717) is 17.3 Å². The molecule has 3 aromatic rings. The number of carbonyl (C=O) groups excluding carboxylic acids is 2. The average Bonchev–Trinajstić information content (AvgIpc) is 3.13. The zero-order valence-corrected chi connectivity index (χ0v) is 20.8. The molecule has 1 aliphatic heterocycles. The highest BCUT2D eigenvalue weighted by Gasteiger charge is 2.36. The number of halogens is 2. The summed E-state index contributed by atoms with van der Waals surface area (Å²) < 4.78 is 25.1. The van der Waals surface area contributed by atoms with Crippen molar-refractivity contribution in [3.05, 3.63) is 102 Å². The Balaban J connectivity index is 1.64. The van der Waals surface area contributed by atoms with Crippen LogP contribution in [-0.2, 0) is 11.3 Å². The fourth-order valence-corrected chi connectivity index (χ4v) is 4.52. The van der Waals surface area contributed by atoms with Gasteiger partial charge < -0.3 is 9.47 Å². The summed E-state index contributed by atoms with van der Waals surface area (Å²) in [6, 6.07) is 11.4. The second kappa shape index (κ2) is 10.9. The normalized spacial score (nSPS) is 14.2. The number of imide groups is 1. The van der Waals surface area contributed by atoms with Gasteiger partial charge in [0.25, 0.3) is 16.8 Å². The molecule has 0 spiro atoms. The highest BCUT2D eigenvalue weighted by atomic mass is 35.5. The van der Waals surface area contributed by atoms with Gasteiger partial charge in [-0.15, -0.1) is 0 Å². The number of non-ortho nitro benzene ring substituents is 1. The van der Waals surface area contributed by atoms with Crippen molar-refractivity contribution in [1.82, 2.24) is 4.90 Å². The van der Waals surface area contributed by atoms with Crippen molar-refractivity contribution in [3.63, 3.8) is 0 Å². The maximum atomic E-state index is 14.2. The molecule has 1 aliphatic rings. The zero-order valence-electron chi connectivity index (χ0n) is 19.3. The van der Waals surface area contributed by atoms with Gasteiger partial charge in [-0.25, -0.2) is 4.39 Å². The summed E-state index contributed by atoms with van der Waals surface area (Å²) in [7, 11) is 1.34. The molecule has 0 aliphatic carbocycles. The Morgan fingerprint density at radius 1 is 1.03 bits per heavy atom. The van der Waals surface area contributed by atoms with E-state index in [2.05, 4.69) is 0 Å². The predicted molar refractivity (Wildman–Crippen MR) is 136 cm³/mol. The zero-order chi connectivity index (χ0) is 27.6. The molecule has 1 saturated heterocycles. The van der Waals surface area contributed by atoms with Crippen LogP contribution in [0, 0.1) is 26.0 Å². The maximum absolute atomic E-state index is 14.2. The van der Waals surface area contributed by atoms with E-state index in [1.807, 2.05) is 0 Å². The lowest BCUT2D eigenvalue weighted by molar-refractivity contribution is -0.394. The molecule has 11 nitrogen and oxygen atoms in total. The number of methoxy groups -OCH3 is 1. The van der Waals surface area contributed by atoms with Crippen LogP contribution in [0.15, 0.2) is 59.5 Å². The van der Waals surface area contributed by atoms with Crippen LogP contribution in [0.3, 0.4) is 0 Å². The summed E-state index contributed by atoms with van der Waals surface area (Å²) in [5.41, 5.74) is -0.751. The van der Waals surface area contributed by atoms with E-state index in [9.17, 15) is 34.2 Å². The number of nitrogens with zero attached hydrogens (tertiary/aromatic N) is 3. The monoisotopic (exact) mass is 559 g/mol. The van der Waals surface area contributed by atoms with E-state index < -0.39 is 38.2 Å². The Kier molecular flexibility index (Phi) is 7.60. The number of thioether (sulfide) groups is 1. The Hall–Kier alpha value is -4.49. The molecule has 14 heteroatoms. The summed E-state index contributed by atoms with van der Waals surface area (Å²) in [4.78, 5) is 47.2. The van der Waals surface area contributed by atoms with Crippen LogP contribution in [0.2, 0.25) is 5.02 Å². The van der Waals surface area contributed by atoms with E-state index in [1.165, 1.54) is 43.5 Å². The molecule has 0 aromatic heterocycles. The molecular formula is C24H15ClFN3O8S. The molecule has 0 radical (unpaired) electrons. The van der Waals surface area contributed by atoms with Crippen LogP contribution in [0.1, 0.15) is 11.1 Å². The lowest BCUT2D eigenvalue weighted by atomic mass is 10.1. The van der Waals surface area contributed by atoms with Gasteiger partial charge in [-0.05, 0) is 53.7 Å². The minimum Gasteiger partial charge on any atom is -0.493 e. The molecule has 1 heterocycles. The van der Waals surface area contributed by atoms with Crippen LogP contribution in [0.25, 0.3) is 6.08 Å². The van der Waals surface area contributed by atoms with E-state index >= 15 is 0 Å². The molecule has 38 heavy (non-hydrogen) atoms. The third-order valence-corrected chi connectivity index (χ3v) is 6.57. The molecule has 1 fully saturated rings. The molecule has 2 amide bonds. The lowest BCUT2D eigenvalue weighted by Crippen LogP contribution is -2.28. The molecule has 0 saturated carbocycles. The first kappa shape index (κ1) is 26.6. The molecule has 4 rings (SSSR count). The van der Waals surface area contributed by atoms with Gasteiger partial charge >= 0.3 is 5.69 Å². The quantitative estimate of drug-likeness (QED) is 0.175. The van der Waals surface area contributed by atoms with Crippen LogP contribution in [0.4, 0.5) is 20.6 Å². The second-order valence-electron chi connectivity index (χ2n) is 7.65. The number of benzene rings is 3. The highest BCUT2D eigenvalue weighted by Crippen LogP contribution is 2.40. The van der Waals surface area contributed by atoms with Crippen molar-refractivity contribution in [2.75, 3.05) is 7.11 Å². The SMILES string of the molecule is COc1ccc(/C=C2\SC(=O)N(Cc3c(F)cccc3Cl)C2=O)cc1Oc1ccc([N+](=O)[O-])cc1[N+](=O)[O-]. The Labute approximate surface area is 222 Å². The number of carbonyl (C=O) groups is 2. The van der Waals surface area contributed by atoms with Gasteiger partial charge in [-0.3, -0.25) is 34.7 Å². The third-order valence-electron chi connectivity index (χ3n) is 5.31. The highest BCUT2D eigenvalue weighted by molar-refractivity contribution is 8.18. The van der Waals surface area contributed by atoms with E-state index in [-0.39, 0.29) is 39.3 Å². The predicted octanol–water partition coefficient (Wildman–Crippen LogP) is 6.33. The summed E-state index contributed by atoms with van der Waals surface area (Å²) in [5, 5.41) is 21.9. The van der Waals surface area contributed by atoms with Gasteiger partial charge in [-0.2, -0.15) is 0 Å². The van der Waals surface area contributed by atoms with Gasteiger partial charge in [0.05, 0.1) is 34.5 Å². The summed E-state index contributed by atoms with van der Waals surface area (Å²) in [6.07, 6.45) is 1.39. The van der Waals surface area contributed by atoms with Crippen molar-refractivity contribution in [1.29, 1.82) is 0 Å². The first-order valence-corrected chi connectivity index (χ1v) is 11.8. The van der Waals surface area contributed by atoms with Gasteiger partial charge in [0.15, 0.2) is 11.5 Å². The Bertz CT molecular complexity index is 1510. The van der Waals surface area contributed by atoms with Crippen molar-refractivity contribution in [2.24, 2.45) is 0 Å². The van der Waals surface area contributed by atoms with Crippen LogP contribution in [0.5, 0.6) is 17.2 Å². The van der Waals surface area contributed by atoms with Crippen molar-refractivity contribution < 1.29 is 33.3 Å². The van der Waals surface area contributed by atoms with Gasteiger partial charge in [0.2, 0.25) is 5.75 Å². The number of ether oxygens (including phenoxy) is 2. The number of nitro benzene ring substituents is 2. The number of rotatable bonds is 8. The third kappa shape index (κ3) is 5.43. The van der Waals surface area contributed by atoms with E-state index in [0.717, 1.165) is 23.1 Å². The fourth-order valence-electron chi connectivity index (χ4n) is 3.46. The first-order valence-electron chi connectivity index (χ1n) is 10.6. The van der Waals surface area contributed by atoms with Crippen molar-refractivity contribution >= 4 is 52.0 Å². The minimum atomic E-state index is -0.823. The van der Waals surface area contributed by atoms with Crippen molar-refractivity contribution in [3.8, 4) is 17.2 Å². The van der Waals surface area contributed by atoms with Crippen molar-refractivity contribution in [2.45, 2.75) is 6.54 Å². The number of hydrogen-bond acceptors (Lipinski definition) is 9. The van der Waals surface area contributed by atoms with Gasteiger partial charge in [0, 0.05) is 16.7 Å². The van der Waals surface area contributed by atoms with E-state index in [1.54, 1.807) is 6.07 Å². The smallest absolute Gasteiger partial charge is 0.318 e. The molecule has 0 atom stereocenters. The number of hydrogen-bond donors (Lipinski definition) is 0.